The van der Waals surface area contributed by atoms with Gasteiger partial charge in [-0.15, -0.1) is 0 Å². The van der Waals surface area contributed by atoms with Crippen molar-refractivity contribution in [1.29, 1.82) is 0 Å². The molecule has 1 N–H and O–H groups in total. The maximum atomic E-state index is 9.24. The van der Waals surface area contributed by atoms with Crippen molar-refractivity contribution < 1.29 is 5.11 Å². The average molecular weight is 235 g/mol. The summed E-state index contributed by atoms with van der Waals surface area (Å²) in [6, 6.07) is 2.09. The van der Waals surface area contributed by atoms with Gasteiger partial charge < -0.3 is 10.0 Å². The van der Waals surface area contributed by atoms with Gasteiger partial charge in [-0.25, -0.2) is 9.97 Å². The largest absolute Gasteiger partial charge is 0.396 e. The third-order valence-electron chi connectivity index (χ3n) is 3.32. The summed E-state index contributed by atoms with van der Waals surface area (Å²) in [6.07, 6.45) is 6.03. The first-order valence-corrected chi connectivity index (χ1v) is 6.50. The second-order valence-corrected chi connectivity index (χ2v) is 4.75. The number of hydrogen-bond donors (Lipinski definition) is 1. The first kappa shape index (κ1) is 12.3. The van der Waals surface area contributed by atoms with Gasteiger partial charge in [0.2, 0.25) is 0 Å². The molecule has 2 heterocycles. The molecule has 0 amide bonds. The summed E-state index contributed by atoms with van der Waals surface area (Å²) >= 11 is 0. The molecule has 0 radical (unpaired) electrons. The van der Waals surface area contributed by atoms with E-state index in [1.807, 2.05) is 0 Å². The van der Waals surface area contributed by atoms with E-state index in [9.17, 15) is 5.11 Å². The third-order valence-corrected chi connectivity index (χ3v) is 3.32. The van der Waals surface area contributed by atoms with E-state index < -0.39 is 0 Å². The van der Waals surface area contributed by atoms with Gasteiger partial charge in [0, 0.05) is 31.5 Å². The minimum Gasteiger partial charge on any atom is -0.396 e. The Kier molecular flexibility index (Phi) is 4.31. The van der Waals surface area contributed by atoms with Crippen LogP contribution in [0.15, 0.2) is 12.4 Å². The summed E-state index contributed by atoms with van der Waals surface area (Å²) in [6.45, 7) is 4.39. The molecule has 0 bridgehead atoms. The minimum atomic E-state index is 0.281. The van der Waals surface area contributed by atoms with Gasteiger partial charge >= 0.3 is 0 Å². The molecule has 1 fully saturated rings. The SMILES string of the molecule is CCCc1cc(N2CCCC(CO)C2)ncn1. The van der Waals surface area contributed by atoms with Crippen molar-refractivity contribution in [3.8, 4) is 0 Å². The molecular weight excluding hydrogens is 214 g/mol. The van der Waals surface area contributed by atoms with Gasteiger partial charge in [-0.05, 0) is 25.2 Å². The Morgan fingerprint density at radius 1 is 1.47 bits per heavy atom. The fourth-order valence-corrected chi connectivity index (χ4v) is 2.37. The number of rotatable bonds is 4. The Morgan fingerprint density at radius 3 is 3.12 bits per heavy atom. The maximum absolute atomic E-state index is 9.24. The summed E-state index contributed by atoms with van der Waals surface area (Å²) < 4.78 is 0. The first-order valence-electron chi connectivity index (χ1n) is 6.50. The van der Waals surface area contributed by atoms with Crippen molar-refractivity contribution in [1.82, 2.24) is 9.97 Å². The predicted molar refractivity (Wildman–Crippen MR) is 68.0 cm³/mol. The van der Waals surface area contributed by atoms with Crippen LogP contribution in [-0.4, -0.2) is 34.8 Å². The number of aryl methyl sites for hydroxylation is 1. The van der Waals surface area contributed by atoms with E-state index in [4.69, 9.17) is 0 Å². The van der Waals surface area contributed by atoms with Crippen molar-refractivity contribution in [2.45, 2.75) is 32.6 Å². The monoisotopic (exact) mass is 235 g/mol. The van der Waals surface area contributed by atoms with Gasteiger partial charge in [0.1, 0.15) is 12.1 Å². The van der Waals surface area contributed by atoms with Crippen LogP contribution in [0, 0.1) is 5.92 Å². The number of nitrogens with zero attached hydrogens (tertiary/aromatic N) is 3. The zero-order chi connectivity index (χ0) is 12.1. The molecule has 1 aromatic rings. The number of aliphatic hydroxyl groups is 1. The van der Waals surface area contributed by atoms with E-state index >= 15 is 0 Å². The van der Waals surface area contributed by atoms with E-state index in [0.29, 0.717) is 5.92 Å². The summed E-state index contributed by atoms with van der Waals surface area (Å²) in [7, 11) is 0. The molecule has 0 saturated carbocycles. The van der Waals surface area contributed by atoms with Crippen LogP contribution in [0.3, 0.4) is 0 Å². The van der Waals surface area contributed by atoms with Crippen LogP contribution in [0.4, 0.5) is 5.82 Å². The summed E-state index contributed by atoms with van der Waals surface area (Å²) in [5, 5.41) is 9.24. The van der Waals surface area contributed by atoms with E-state index in [1.165, 1.54) is 0 Å². The van der Waals surface area contributed by atoms with Crippen LogP contribution >= 0.6 is 0 Å². The molecule has 1 aromatic heterocycles. The van der Waals surface area contributed by atoms with Gasteiger partial charge in [0.25, 0.3) is 0 Å². The van der Waals surface area contributed by atoms with Crippen LogP contribution in [0.5, 0.6) is 0 Å². The zero-order valence-corrected chi connectivity index (χ0v) is 10.5. The Labute approximate surface area is 103 Å². The second kappa shape index (κ2) is 5.96. The quantitative estimate of drug-likeness (QED) is 0.862. The molecule has 1 unspecified atom stereocenters. The molecule has 17 heavy (non-hydrogen) atoms. The summed E-state index contributed by atoms with van der Waals surface area (Å²) in [4.78, 5) is 10.9. The zero-order valence-electron chi connectivity index (χ0n) is 10.5. The lowest BCUT2D eigenvalue weighted by Crippen LogP contribution is -2.37. The maximum Gasteiger partial charge on any atom is 0.132 e. The molecule has 94 valence electrons. The molecule has 1 aliphatic heterocycles. The van der Waals surface area contributed by atoms with Crippen LogP contribution in [0.2, 0.25) is 0 Å². The molecule has 2 rings (SSSR count). The fraction of sp³-hybridized carbons (Fsp3) is 0.692. The van der Waals surface area contributed by atoms with Crippen molar-refractivity contribution in [2.75, 3.05) is 24.6 Å². The first-order chi connectivity index (χ1) is 8.33. The minimum absolute atomic E-state index is 0.281. The van der Waals surface area contributed by atoms with Crippen molar-refractivity contribution >= 4 is 5.82 Å². The average Bonchev–Trinajstić information content (AvgIpc) is 2.40. The molecule has 4 heteroatoms. The lowest BCUT2D eigenvalue weighted by molar-refractivity contribution is 0.208. The number of piperidine rings is 1. The Morgan fingerprint density at radius 2 is 2.35 bits per heavy atom. The number of hydrogen-bond acceptors (Lipinski definition) is 4. The van der Waals surface area contributed by atoms with Gasteiger partial charge in [-0.3, -0.25) is 0 Å². The molecule has 1 saturated heterocycles. The van der Waals surface area contributed by atoms with Crippen LogP contribution in [-0.2, 0) is 6.42 Å². The van der Waals surface area contributed by atoms with Crippen molar-refractivity contribution in [3.05, 3.63) is 18.1 Å². The second-order valence-electron chi connectivity index (χ2n) is 4.75. The van der Waals surface area contributed by atoms with Crippen molar-refractivity contribution in [2.24, 2.45) is 5.92 Å². The summed E-state index contributed by atoms with van der Waals surface area (Å²) in [5.41, 5.74) is 1.11. The third kappa shape index (κ3) is 3.16. The van der Waals surface area contributed by atoms with Gasteiger partial charge in [0.15, 0.2) is 0 Å². The van der Waals surface area contributed by atoms with Crippen LogP contribution in [0.25, 0.3) is 0 Å². The molecule has 4 nitrogen and oxygen atoms in total. The highest BCUT2D eigenvalue weighted by molar-refractivity contribution is 5.39. The topological polar surface area (TPSA) is 49.2 Å². The molecule has 1 aliphatic rings. The Hall–Kier alpha value is -1.16. The number of anilines is 1. The highest BCUT2D eigenvalue weighted by Gasteiger charge is 2.20. The van der Waals surface area contributed by atoms with Crippen LogP contribution < -0.4 is 4.90 Å². The van der Waals surface area contributed by atoms with Gasteiger partial charge in [-0.1, -0.05) is 13.3 Å². The Balaban J connectivity index is 2.07. The van der Waals surface area contributed by atoms with E-state index in [0.717, 1.165) is 50.3 Å². The summed E-state index contributed by atoms with van der Waals surface area (Å²) in [5.74, 6) is 1.41. The highest BCUT2D eigenvalue weighted by atomic mass is 16.3. The van der Waals surface area contributed by atoms with Crippen LogP contribution in [0.1, 0.15) is 31.9 Å². The Bertz CT molecular complexity index is 356. The fourth-order valence-electron chi connectivity index (χ4n) is 2.37. The molecule has 0 aromatic carbocycles. The number of aliphatic hydroxyl groups excluding tert-OH is 1. The van der Waals surface area contributed by atoms with Gasteiger partial charge in [0.05, 0.1) is 0 Å². The van der Waals surface area contributed by atoms with Crippen molar-refractivity contribution in [3.63, 3.8) is 0 Å². The number of aromatic nitrogens is 2. The van der Waals surface area contributed by atoms with E-state index in [1.54, 1.807) is 6.33 Å². The molecule has 0 aliphatic carbocycles. The molecule has 1 atom stereocenters. The molecular formula is C13H21N3O. The van der Waals surface area contributed by atoms with Gasteiger partial charge in [-0.2, -0.15) is 0 Å². The van der Waals surface area contributed by atoms with E-state index in [2.05, 4.69) is 27.9 Å². The lowest BCUT2D eigenvalue weighted by atomic mass is 9.99. The smallest absolute Gasteiger partial charge is 0.132 e. The molecule has 0 spiro atoms. The normalized spacial score (nSPS) is 20.6. The predicted octanol–water partition coefficient (Wildman–Crippen LogP) is 1.64. The standard InChI is InChI=1S/C13H21N3O/c1-2-4-12-7-13(15-10-14-12)16-6-3-5-11(8-16)9-17/h7,10-11,17H,2-6,8-9H2,1H3. The highest BCUT2D eigenvalue weighted by Crippen LogP contribution is 2.21. The lowest BCUT2D eigenvalue weighted by Gasteiger charge is -2.32. The van der Waals surface area contributed by atoms with E-state index in [-0.39, 0.29) is 6.61 Å².